The molecule has 0 radical (unpaired) electrons. The van der Waals surface area contributed by atoms with E-state index in [0.717, 1.165) is 28.8 Å². The van der Waals surface area contributed by atoms with E-state index in [1.54, 1.807) is 19.2 Å². The van der Waals surface area contributed by atoms with Crippen LogP contribution >= 0.6 is 11.3 Å². The summed E-state index contributed by atoms with van der Waals surface area (Å²) in [5.74, 6) is 1.17. The Bertz CT molecular complexity index is 1050. The highest BCUT2D eigenvalue weighted by Gasteiger charge is 2.13. The van der Waals surface area contributed by atoms with E-state index in [0.29, 0.717) is 42.5 Å². The number of aromatic nitrogens is 1. The van der Waals surface area contributed by atoms with Gasteiger partial charge in [0.1, 0.15) is 17.0 Å². The molecule has 2 aromatic carbocycles. The number of amides is 1. The third-order valence-electron chi connectivity index (χ3n) is 4.53. The van der Waals surface area contributed by atoms with Crippen molar-refractivity contribution in [1.29, 1.82) is 0 Å². The summed E-state index contributed by atoms with van der Waals surface area (Å²) in [7, 11) is 1.66. The van der Waals surface area contributed by atoms with Crippen molar-refractivity contribution in [3.63, 3.8) is 0 Å². The van der Waals surface area contributed by atoms with Crippen molar-refractivity contribution in [3.05, 3.63) is 52.8 Å². The van der Waals surface area contributed by atoms with Crippen molar-refractivity contribution in [2.24, 2.45) is 4.99 Å². The van der Waals surface area contributed by atoms with Gasteiger partial charge in [-0.2, -0.15) is 4.99 Å². The Balaban J connectivity index is 1.99. The second-order valence-electron chi connectivity index (χ2n) is 6.71. The molecule has 1 aromatic heterocycles. The largest absolute Gasteiger partial charge is 0.494 e. The summed E-state index contributed by atoms with van der Waals surface area (Å²) >= 11 is 1.47. The molecule has 0 aliphatic heterocycles. The zero-order chi connectivity index (χ0) is 21.3. The van der Waals surface area contributed by atoms with E-state index < -0.39 is 0 Å². The molecule has 3 aromatic rings. The topological polar surface area (TPSA) is 62.0 Å². The van der Waals surface area contributed by atoms with E-state index >= 15 is 0 Å². The molecule has 1 heterocycles. The number of nitrogens with zero attached hydrogens (tertiary/aromatic N) is 2. The third-order valence-corrected chi connectivity index (χ3v) is 5.57. The lowest BCUT2D eigenvalue weighted by molar-refractivity contribution is 0.0997. The summed E-state index contributed by atoms with van der Waals surface area (Å²) in [5, 5.41) is 0. The van der Waals surface area contributed by atoms with Crippen molar-refractivity contribution >= 4 is 27.5 Å². The van der Waals surface area contributed by atoms with Gasteiger partial charge in [-0.1, -0.05) is 36.8 Å². The summed E-state index contributed by atoms with van der Waals surface area (Å²) in [6.07, 6.45) is 2.04. The predicted octanol–water partition coefficient (Wildman–Crippen LogP) is 4.67. The fraction of sp³-hybridized carbons (Fsp3) is 0.391. The van der Waals surface area contributed by atoms with Crippen LogP contribution in [0.15, 0.2) is 47.5 Å². The van der Waals surface area contributed by atoms with Gasteiger partial charge in [0.05, 0.1) is 24.5 Å². The number of fused-ring (bicyclic) bond motifs is 1. The zero-order valence-electron chi connectivity index (χ0n) is 17.7. The SMILES string of the molecule is CCCCOc1cccc(C(=O)N=c2sc3cccc(OCC)c3n2CCOC)c1. The lowest BCUT2D eigenvalue weighted by Gasteiger charge is -2.09. The molecular formula is C23H28N2O4S. The number of hydrogen-bond acceptors (Lipinski definition) is 5. The van der Waals surface area contributed by atoms with Crippen molar-refractivity contribution < 1.29 is 19.0 Å². The van der Waals surface area contributed by atoms with E-state index in [2.05, 4.69) is 11.9 Å². The summed E-state index contributed by atoms with van der Waals surface area (Å²) in [4.78, 5) is 18.0. The average molecular weight is 429 g/mol. The minimum Gasteiger partial charge on any atom is -0.494 e. The number of carbonyl (C=O) groups excluding carboxylic acids is 1. The highest BCUT2D eigenvalue weighted by atomic mass is 32.1. The first kappa shape index (κ1) is 22.1. The summed E-state index contributed by atoms with van der Waals surface area (Å²) in [5.41, 5.74) is 1.44. The van der Waals surface area contributed by atoms with Gasteiger partial charge in [-0.05, 0) is 43.7 Å². The van der Waals surface area contributed by atoms with Gasteiger partial charge >= 0.3 is 0 Å². The fourth-order valence-electron chi connectivity index (χ4n) is 3.05. The lowest BCUT2D eigenvalue weighted by Crippen LogP contribution is -2.19. The number of benzene rings is 2. The monoisotopic (exact) mass is 428 g/mol. The number of ether oxygens (including phenoxy) is 3. The molecule has 1 amide bonds. The second kappa shape index (κ2) is 10.9. The molecule has 0 aliphatic carbocycles. The van der Waals surface area contributed by atoms with Crippen molar-refractivity contribution in [3.8, 4) is 11.5 Å². The maximum Gasteiger partial charge on any atom is 0.279 e. The van der Waals surface area contributed by atoms with Crippen LogP contribution in [0, 0.1) is 0 Å². The van der Waals surface area contributed by atoms with Crippen molar-refractivity contribution in [2.45, 2.75) is 33.2 Å². The highest BCUT2D eigenvalue weighted by Crippen LogP contribution is 2.27. The molecule has 0 N–H and O–H groups in total. The molecule has 0 aliphatic rings. The molecule has 3 rings (SSSR count). The molecule has 0 bridgehead atoms. The Labute approximate surface area is 180 Å². The van der Waals surface area contributed by atoms with E-state index in [-0.39, 0.29) is 5.91 Å². The average Bonchev–Trinajstić information content (AvgIpc) is 3.10. The van der Waals surface area contributed by atoms with E-state index in [1.807, 2.05) is 41.8 Å². The van der Waals surface area contributed by atoms with Crippen molar-refractivity contribution in [2.75, 3.05) is 26.9 Å². The summed E-state index contributed by atoms with van der Waals surface area (Å²) in [6, 6.07) is 13.1. The van der Waals surface area contributed by atoms with E-state index in [9.17, 15) is 4.79 Å². The van der Waals surface area contributed by atoms with Crippen LogP contribution in [0.1, 0.15) is 37.0 Å². The molecule has 160 valence electrons. The first-order chi connectivity index (χ1) is 14.7. The van der Waals surface area contributed by atoms with Gasteiger partial charge < -0.3 is 18.8 Å². The van der Waals surface area contributed by atoms with Gasteiger partial charge in [-0.15, -0.1) is 0 Å². The van der Waals surface area contributed by atoms with Gasteiger partial charge in [-0.25, -0.2) is 0 Å². The molecule has 7 heteroatoms. The maximum atomic E-state index is 12.9. The standard InChI is InChI=1S/C23H28N2O4S/c1-4-6-14-29-18-10-7-9-17(16-18)22(26)24-23-25(13-15-27-3)21-19(28-5-2)11-8-12-20(21)30-23/h7-12,16H,4-6,13-15H2,1-3H3. The highest BCUT2D eigenvalue weighted by molar-refractivity contribution is 7.16. The van der Waals surface area contributed by atoms with Gasteiger partial charge in [0.15, 0.2) is 4.80 Å². The number of para-hydroxylation sites is 1. The van der Waals surface area contributed by atoms with Gasteiger partial charge in [0.2, 0.25) is 0 Å². The fourth-order valence-corrected chi connectivity index (χ4v) is 4.12. The second-order valence-corrected chi connectivity index (χ2v) is 7.72. The smallest absolute Gasteiger partial charge is 0.279 e. The van der Waals surface area contributed by atoms with Gasteiger partial charge in [0.25, 0.3) is 5.91 Å². The first-order valence-corrected chi connectivity index (χ1v) is 11.1. The molecular weight excluding hydrogens is 400 g/mol. The van der Waals surface area contributed by atoms with E-state index in [1.165, 1.54) is 11.3 Å². The number of rotatable bonds is 10. The van der Waals surface area contributed by atoms with Crippen LogP contribution in [0.5, 0.6) is 11.5 Å². The third kappa shape index (κ3) is 5.29. The molecule has 0 saturated carbocycles. The molecule has 0 saturated heterocycles. The molecule has 0 atom stereocenters. The normalized spacial score (nSPS) is 11.8. The number of unbranched alkanes of at least 4 members (excludes halogenated alkanes) is 1. The Kier molecular flexibility index (Phi) is 8.04. The number of methoxy groups -OCH3 is 1. The quantitative estimate of drug-likeness (QED) is 0.440. The first-order valence-electron chi connectivity index (χ1n) is 10.2. The number of hydrogen-bond donors (Lipinski definition) is 0. The van der Waals surface area contributed by atoms with Crippen LogP contribution in [0.25, 0.3) is 10.2 Å². The van der Waals surface area contributed by atoms with Crippen LogP contribution in [-0.4, -0.2) is 37.4 Å². The van der Waals surface area contributed by atoms with Crippen LogP contribution < -0.4 is 14.3 Å². The molecule has 30 heavy (non-hydrogen) atoms. The van der Waals surface area contributed by atoms with E-state index in [4.69, 9.17) is 14.2 Å². The Hall–Kier alpha value is -2.64. The Morgan fingerprint density at radius 1 is 1.10 bits per heavy atom. The lowest BCUT2D eigenvalue weighted by atomic mass is 10.2. The molecule has 6 nitrogen and oxygen atoms in total. The minimum atomic E-state index is -0.299. The van der Waals surface area contributed by atoms with Crippen LogP contribution in [-0.2, 0) is 11.3 Å². The van der Waals surface area contributed by atoms with Crippen molar-refractivity contribution in [1.82, 2.24) is 4.57 Å². The summed E-state index contributed by atoms with van der Waals surface area (Å²) < 4.78 is 19.8. The maximum absolute atomic E-state index is 12.9. The minimum absolute atomic E-state index is 0.299. The van der Waals surface area contributed by atoms with Gasteiger partial charge in [0, 0.05) is 19.2 Å². The Morgan fingerprint density at radius 3 is 2.70 bits per heavy atom. The molecule has 0 spiro atoms. The van der Waals surface area contributed by atoms with Crippen LogP contribution in [0.4, 0.5) is 0 Å². The molecule has 0 unspecified atom stereocenters. The zero-order valence-corrected chi connectivity index (χ0v) is 18.5. The van der Waals surface area contributed by atoms with Crippen LogP contribution in [0.2, 0.25) is 0 Å². The molecule has 0 fully saturated rings. The number of carbonyl (C=O) groups is 1. The predicted molar refractivity (Wildman–Crippen MR) is 120 cm³/mol. The van der Waals surface area contributed by atoms with Gasteiger partial charge in [-0.3, -0.25) is 4.79 Å². The van der Waals surface area contributed by atoms with Crippen LogP contribution in [0.3, 0.4) is 0 Å². The number of thiazole rings is 1. The summed E-state index contributed by atoms with van der Waals surface area (Å²) in [6.45, 7) is 6.35. The Morgan fingerprint density at radius 2 is 1.93 bits per heavy atom.